The number of hydrogen-bond acceptors (Lipinski definition) is 3. The van der Waals surface area contributed by atoms with E-state index in [9.17, 15) is 5.11 Å². The minimum absolute atomic E-state index is 0.183. The van der Waals surface area contributed by atoms with Gasteiger partial charge in [0.25, 0.3) is 0 Å². The van der Waals surface area contributed by atoms with Crippen molar-refractivity contribution < 1.29 is 5.11 Å². The molecule has 0 aliphatic carbocycles. The smallest absolute Gasteiger partial charge is 0.138 e. The second-order valence-corrected chi connectivity index (χ2v) is 5.30. The molecule has 1 heterocycles. The Labute approximate surface area is 110 Å². The third kappa shape index (κ3) is 3.16. The van der Waals surface area contributed by atoms with Gasteiger partial charge < -0.3 is 10.8 Å². The normalized spacial score (nSPS) is 21.1. The molecule has 1 saturated heterocycles. The summed E-state index contributed by atoms with van der Waals surface area (Å²) in [6.45, 7) is 4.39. The minimum Gasteiger partial charge on any atom is -0.506 e. The molecule has 0 amide bonds. The number of nitrogens with zero attached hydrogens (tertiary/aromatic N) is 1. The maximum Gasteiger partial charge on any atom is 0.138 e. The molecule has 1 aromatic carbocycles. The maximum atomic E-state index is 9.45. The zero-order valence-corrected chi connectivity index (χ0v) is 11.2. The fourth-order valence-electron chi connectivity index (χ4n) is 2.87. The SMILES string of the molecule is CCCC1CCCCN1Cc1ccc(O)c(N)c1. The van der Waals surface area contributed by atoms with Crippen LogP contribution >= 0.6 is 0 Å². The first-order valence-corrected chi connectivity index (χ1v) is 7.02. The number of piperidine rings is 1. The van der Waals surface area contributed by atoms with Crippen LogP contribution in [0.15, 0.2) is 18.2 Å². The third-order valence-corrected chi connectivity index (χ3v) is 3.85. The molecule has 1 unspecified atom stereocenters. The Morgan fingerprint density at radius 3 is 2.94 bits per heavy atom. The summed E-state index contributed by atoms with van der Waals surface area (Å²) in [6.07, 6.45) is 6.51. The van der Waals surface area contributed by atoms with Crippen LogP contribution in [0.4, 0.5) is 5.69 Å². The molecule has 1 aromatic rings. The van der Waals surface area contributed by atoms with Gasteiger partial charge in [-0.15, -0.1) is 0 Å². The van der Waals surface area contributed by atoms with E-state index in [0.717, 1.165) is 12.6 Å². The second-order valence-electron chi connectivity index (χ2n) is 5.30. The van der Waals surface area contributed by atoms with E-state index in [2.05, 4.69) is 11.8 Å². The summed E-state index contributed by atoms with van der Waals surface area (Å²) in [5.41, 5.74) is 7.44. The number of nitrogens with two attached hydrogens (primary N) is 1. The predicted molar refractivity (Wildman–Crippen MR) is 75.5 cm³/mol. The van der Waals surface area contributed by atoms with E-state index in [1.54, 1.807) is 6.07 Å². The Morgan fingerprint density at radius 1 is 1.39 bits per heavy atom. The number of phenols is 1. The lowest BCUT2D eigenvalue weighted by Crippen LogP contribution is -2.38. The molecule has 1 aliphatic rings. The van der Waals surface area contributed by atoms with E-state index in [1.165, 1.54) is 44.2 Å². The lowest BCUT2D eigenvalue weighted by Gasteiger charge is -2.35. The standard InChI is InChI=1S/C15H24N2O/c1-2-5-13-6-3-4-9-17(13)11-12-7-8-15(18)14(16)10-12/h7-8,10,13,18H,2-6,9,11,16H2,1H3. The molecule has 3 N–H and O–H groups in total. The number of nitrogen functional groups attached to an aromatic ring is 1. The van der Waals surface area contributed by atoms with Crippen LogP contribution in [0.5, 0.6) is 5.75 Å². The molecule has 3 nitrogen and oxygen atoms in total. The van der Waals surface area contributed by atoms with Gasteiger partial charge >= 0.3 is 0 Å². The third-order valence-electron chi connectivity index (χ3n) is 3.85. The number of aromatic hydroxyl groups is 1. The van der Waals surface area contributed by atoms with Crippen LogP contribution < -0.4 is 5.73 Å². The van der Waals surface area contributed by atoms with Gasteiger partial charge in [0.2, 0.25) is 0 Å². The number of likely N-dealkylation sites (tertiary alicyclic amines) is 1. The number of hydrogen-bond donors (Lipinski definition) is 2. The van der Waals surface area contributed by atoms with Gasteiger partial charge in [0.15, 0.2) is 0 Å². The lowest BCUT2D eigenvalue weighted by atomic mass is 9.97. The van der Waals surface area contributed by atoms with Crippen LogP contribution in [-0.4, -0.2) is 22.6 Å². The zero-order valence-electron chi connectivity index (χ0n) is 11.2. The molecular weight excluding hydrogens is 224 g/mol. The molecule has 1 atom stereocenters. The van der Waals surface area contributed by atoms with Gasteiger partial charge in [-0.3, -0.25) is 4.90 Å². The molecule has 2 rings (SSSR count). The average Bonchev–Trinajstić information content (AvgIpc) is 2.37. The molecule has 0 saturated carbocycles. The van der Waals surface area contributed by atoms with Crippen LogP contribution in [0.2, 0.25) is 0 Å². The van der Waals surface area contributed by atoms with Gasteiger partial charge in [0, 0.05) is 12.6 Å². The summed E-state index contributed by atoms with van der Waals surface area (Å²) in [6, 6.07) is 6.29. The Balaban J connectivity index is 2.03. The fraction of sp³-hybridized carbons (Fsp3) is 0.600. The highest BCUT2D eigenvalue weighted by Gasteiger charge is 2.21. The summed E-state index contributed by atoms with van der Waals surface area (Å²) in [5.74, 6) is 0.183. The highest BCUT2D eigenvalue weighted by atomic mass is 16.3. The molecule has 1 aliphatic heterocycles. The van der Waals surface area contributed by atoms with Gasteiger partial charge in [0.05, 0.1) is 5.69 Å². The van der Waals surface area contributed by atoms with E-state index in [4.69, 9.17) is 5.73 Å². The van der Waals surface area contributed by atoms with Gasteiger partial charge in [-0.05, 0) is 43.5 Å². The van der Waals surface area contributed by atoms with E-state index in [0.29, 0.717) is 5.69 Å². The van der Waals surface area contributed by atoms with Crippen LogP contribution in [0.3, 0.4) is 0 Å². The molecule has 18 heavy (non-hydrogen) atoms. The molecule has 0 aromatic heterocycles. The molecule has 100 valence electrons. The van der Waals surface area contributed by atoms with Crippen molar-refractivity contribution in [3.63, 3.8) is 0 Å². The van der Waals surface area contributed by atoms with Gasteiger partial charge in [-0.1, -0.05) is 25.8 Å². The van der Waals surface area contributed by atoms with E-state index in [-0.39, 0.29) is 5.75 Å². The van der Waals surface area contributed by atoms with Gasteiger partial charge in [-0.25, -0.2) is 0 Å². The molecule has 0 spiro atoms. The number of phenolic OH excluding ortho intramolecular Hbond substituents is 1. The maximum absolute atomic E-state index is 9.45. The first-order chi connectivity index (χ1) is 8.70. The van der Waals surface area contributed by atoms with E-state index < -0.39 is 0 Å². The monoisotopic (exact) mass is 248 g/mol. The topological polar surface area (TPSA) is 49.5 Å². The van der Waals surface area contributed by atoms with Crippen molar-refractivity contribution in [1.82, 2.24) is 4.90 Å². The highest BCUT2D eigenvalue weighted by molar-refractivity contribution is 5.53. The number of rotatable bonds is 4. The van der Waals surface area contributed by atoms with Crippen LogP contribution in [0, 0.1) is 0 Å². The highest BCUT2D eigenvalue weighted by Crippen LogP contribution is 2.25. The molecule has 0 radical (unpaired) electrons. The van der Waals surface area contributed by atoms with Crippen LogP contribution in [0.1, 0.15) is 44.6 Å². The first-order valence-electron chi connectivity index (χ1n) is 7.02. The summed E-state index contributed by atoms with van der Waals surface area (Å²) in [4.78, 5) is 2.57. The van der Waals surface area contributed by atoms with Crippen molar-refractivity contribution in [2.45, 2.75) is 51.6 Å². The largest absolute Gasteiger partial charge is 0.506 e. The lowest BCUT2D eigenvalue weighted by molar-refractivity contribution is 0.131. The van der Waals surface area contributed by atoms with Crippen molar-refractivity contribution >= 4 is 5.69 Å². The van der Waals surface area contributed by atoms with Crippen molar-refractivity contribution in [2.24, 2.45) is 0 Å². The molecule has 3 heteroatoms. The Bertz CT molecular complexity index is 390. The number of benzene rings is 1. The van der Waals surface area contributed by atoms with Crippen molar-refractivity contribution in [1.29, 1.82) is 0 Å². The minimum atomic E-state index is 0.183. The quantitative estimate of drug-likeness (QED) is 0.636. The Kier molecular flexibility index (Phi) is 4.48. The van der Waals surface area contributed by atoms with Gasteiger partial charge in [-0.2, -0.15) is 0 Å². The number of anilines is 1. The summed E-state index contributed by atoms with van der Waals surface area (Å²) in [7, 11) is 0. The summed E-state index contributed by atoms with van der Waals surface area (Å²) in [5, 5.41) is 9.45. The Morgan fingerprint density at radius 2 is 2.22 bits per heavy atom. The summed E-state index contributed by atoms with van der Waals surface area (Å²) >= 11 is 0. The Hall–Kier alpha value is -1.22. The first kappa shape index (κ1) is 13.2. The van der Waals surface area contributed by atoms with Crippen LogP contribution in [0.25, 0.3) is 0 Å². The van der Waals surface area contributed by atoms with Gasteiger partial charge in [0.1, 0.15) is 5.75 Å². The second kappa shape index (κ2) is 6.10. The van der Waals surface area contributed by atoms with E-state index in [1.807, 2.05) is 12.1 Å². The fourth-order valence-corrected chi connectivity index (χ4v) is 2.87. The van der Waals surface area contributed by atoms with Crippen molar-refractivity contribution in [2.75, 3.05) is 12.3 Å². The van der Waals surface area contributed by atoms with E-state index >= 15 is 0 Å². The van der Waals surface area contributed by atoms with Crippen molar-refractivity contribution in [3.05, 3.63) is 23.8 Å². The predicted octanol–water partition coefficient (Wildman–Crippen LogP) is 3.13. The van der Waals surface area contributed by atoms with Crippen molar-refractivity contribution in [3.8, 4) is 5.75 Å². The summed E-state index contributed by atoms with van der Waals surface area (Å²) < 4.78 is 0. The average molecular weight is 248 g/mol. The van der Waals surface area contributed by atoms with Crippen LogP contribution in [-0.2, 0) is 6.54 Å². The molecule has 0 bridgehead atoms. The molecule has 1 fully saturated rings. The molecular formula is C15H24N2O. The zero-order chi connectivity index (χ0) is 13.0.